The zero-order valence-corrected chi connectivity index (χ0v) is 11.6. The fraction of sp³-hybridized carbons (Fsp3) is 0.200. The van der Waals surface area contributed by atoms with Crippen molar-refractivity contribution < 1.29 is 4.39 Å². The van der Waals surface area contributed by atoms with Crippen LogP contribution in [0, 0.1) is 5.82 Å². The average molecular weight is 296 g/mol. The van der Waals surface area contributed by atoms with Crippen LogP contribution in [0.5, 0.6) is 0 Å². The third kappa shape index (κ3) is 2.31. The first-order valence-corrected chi connectivity index (χ1v) is 6.90. The summed E-state index contributed by atoms with van der Waals surface area (Å²) in [5.41, 5.74) is 2.60. The van der Waals surface area contributed by atoms with Crippen molar-refractivity contribution in [2.45, 2.75) is 18.9 Å². The predicted octanol–water partition coefficient (Wildman–Crippen LogP) is 5.23. The molecule has 0 aliphatic heterocycles. The molecular weight excluding hydrogens is 284 g/mol. The zero-order valence-electron chi connectivity index (χ0n) is 10.1. The molecule has 0 amide bonds. The molecule has 0 bridgehead atoms. The van der Waals surface area contributed by atoms with Crippen LogP contribution in [0.4, 0.5) is 10.1 Å². The van der Waals surface area contributed by atoms with Gasteiger partial charge >= 0.3 is 0 Å². The Morgan fingerprint density at radius 3 is 2.74 bits per heavy atom. The molecule has 1 atom stereocenters. The van der Waals surface area contributed by atoms with E-state index in [0.29, 0.717) is 10.0 Å². The molecule has 0 radical (unpaired) electrons. The van der Waals surface area contributed by atoms with Crippen LogP contribution < -0.4 is 5.32 Å². The van der Waals surface area contributed by atoms with Gasteiger partial charge in [0.15, 0.2) is 0 Å². The molecule has 4 heteroatoms. The summed E-state index contributed by atoms with van der Waals surface area (Å²) in [5.74, 6) is -0.126. The molecule has 0 saturated carbocycles. The summed E-state index contributed by atoms with van der Waals surface area (Å²) < 4.78 is 13.7. The zero-order chi connectivity index (χ0) is 13.4. The first-order valence-electron chi connectivity index (χ1n) is 6.14. The van der Waals surface area contributed by atoms with Gasteiger partial charge in [-0.3, -0.25) is 0 Å². The lowest BCUT2D eigenvalue weighted by Gasteiger charge is -2.17. The van der Waals surface area contributed by atoms with Gasteiger partial charge in [0.25, 0.3) is 0 Å². The minimum atomic E-state index is -0.126. The Morgan fingerprint density at radius 2 is 1.89 bits per heavy atom. The Balaban J connectivity index is 1.91. The van der Waals surface area contributed by atoms with E-state index in [2.05, 4.69) is 5.32 Å². The number of fused-ring (bicyclic) bond motifs is 1. The van der Waals surface area contributed by atoms with Crippen LogP contribution in [0.1, 0.15) is 23.6 Å². The van der Waals surface area contributed by atoms with E-state index in [-0.39, 0.29) is 11.9 Å². The second kappa shape index (κ2) is 5.03. The smallest absolute Gasteiger partial charge is 0.126 e. The molecule has 0 fully saturated rings. The lowest BCUT2D eigenvalue weighted by molar-refractivity contribution is 0.612. The molecule has 0 heterocycles. The fourth-order valence-corrected chi connectivity index (χ4v) is 2.92. The van der Waals surface area contributed by atoms with E-state index in [1.165, 1.54) is 6.07 Å². The van der Waals surface area contributed by atoms with Crippen LogP contribution >= 0.6 is 23.2 Å². The van der Waals surface area contributed by atoms with E-state index in [1.807, 2.05) is 18.2 Å². The molecule has 1 N–H and O–H groups in total. The molecule has 2 aromatic carbocycles. The first-order chi connectivity index (χ1) is 9.16. The molecule has 1 nitrogen and oxygen atoms in total. The first kappa shape index (κ1) is 12.8. The van der Waals surface area contributed by atoms with Gasteiger partial charge in [-0.1, -0.05) is 41.4 Å². The lowest BCUT2D eigenvalue weighted by atomic mass is 10.1. The number of nitrogens with one attached hydrogen (secondary N) is 1. The van der Waals surface area contributed by atoms with Crippen molar-refractivity contribution in [1.29, 1.82) is 0 Å². The van der Waals surface area contributed by atoms with Gasteiger partial charge in [-0.05, 0) is 42.2 Å². The van der Waals surface area contributed by atoms with Crippen molar-refractivity contribution in [3.8, 4) is 0 Å². The van der Waals surface area contributed by atoms with Crippen LogP contribution in [0.3, 0.4) is 0 Å². The maximum atomic E-state index is 13.7. The minimum absolute atomic E-state index is 0.0849. The van der Waals surface area contributed by atoms with Crippen LogP contribution in [0.2, 0.25) is 10.0 Å². The van der Waals surface area contributed by atoms with Crippen molar-refractivity contribution in [2.75, 3.05) is 5.32 Å². The number of hydrogen-bond donors (Lipinski definition) is 1. The monoisotopic (exact) mass is 295 g/mol. The van der Waals surface area contributed by atoms with Crippen molar-refractivity contribution in [3.05, 3.63) is 63.4 Å². The fourth-order valence-electron chi connectivity index (χ4n) is 2.56. The highest BCUT2D eigenvalue weighted by molar-refractivity contribution is 6.43. The van der Waals surface area contributed by atoms with Gasteiger partial charge in [-0.2, -0.15) is 0 Å². The number of benzene rings is 2. The lowest BCUT2D eigenvalue weighted by Crippen LogP contribution is -2.07. The Bertz CT molecular complexity index is 628. The maximum Gasteiger partial charge on any atom is 0.126 e. The Morgan fingerprint density at radius 1 is 1.11 bits per heavy atom. The van der Waals surface area contributed by atoms with Crippen molar-refractivity contribution in [1.82, 2.24) is 0 Å². The van der Waals surface area contributed by atoms with Gasteiger partial charge in [0.2, 0.25) is 0 Å². The minimum Gasteiger partial charge on any atom is -0.377 e. The second-order valence-corrected chi connectivity index (χ2v) is 5.43. The third-order valence-corrected chi connectivity index (χ3v) is 4.31. The molecule has 1 unspecified atom stereocenters. The van der Waals surface area contributed by atoms with Gasteiger partial charge in [-0.15, -0.1) is 0 Å². The standard InChI is InChI=1S/C15H12Cl2FN/c16-11-4-2-6-14(15(11)17)19-13-8-7-9-10(13)3-1-5-12(9)18/h1-6,13,19H,7-8H2. The van der Waals surface area contributed by atoms with Crippen LogP contribution in [0.15, 0.2) is 36.4 Å². The molecule has 3 rings (SSSR count). The summed E-state index contributed by atoms with van der Waals surface area (Å²) in [4.78, 5) is 0. The van der Waals surface area contributed by atoms with Crippen molar-refractivity contribution in [3.63, 3.8) is 0 Å². The SMILES string of the molecule is Fc1cccc2c1CCC2Nc1cccc(Cl)c1Cl. The normalized spacial score (nSPS) is 17.3. The largest absolute Gasteiger partial charge is 0.377 e. The van der Waals surface area contributed by atoms with E-state index < -0.39 is 0 Å². The molecule has 1 aliphatic carbocycles. The molecule has 0 saturated heterocycles. The molecule has 98 valence electrons. The molecule has 0 aromatic heterocycles. The number of rotatable bonds is 2. The van der Waals surface area contributed by atoms with Crippen LogP contribution in [-0.2, 0) is 6.42 Å². The average Bonchev–Trinajstić information content (AvgIpc) is 2.80. The van der Waals surface area contributed by atoms with E-state index in [1.54, 1.807) is 12.1 Å². The van der Waals surface area contributed by atoms with E-state index in [4.69, 9.17) is 23.2 Å². The maximum absolute atomic E-state index is 13.7. The second-order valence-electron chi connectivity index (χ2n) is 4.64. The Hall–Kier alpha value is -1.25. The number of halogens is 3. The topological polar surface area (TPSA) is 12.0 Å². The molecule has 19 heavy (non-hydrogen) atoms. The van der Waals surface area contributed by atoms with Gasteiger partial charge in [0, 0.05) is 0 Å². The van der Waals surface area contributed by atoms with Crippen LogP contribution in [0.25, 0.3) is 0 Å². The van der Waals surface area contributed by atoms with Crippen LogP contribution in [-0.4, -0.2) is 0 Å². The molecule has 1 aliphatic rings. The predicted molar refractivity (Wildman–Crippen MR) is 77.5 cm³/mol. The summed E-state index contributed by atoms with van der Waals surface area (Å²) in [6, 6.07) is 10.8. The van der Waals surface area contributed by atoms with E-state index in [0.717, 1.165) is 29.7 Å². The number of hydrogen-bond acceptors (Lipinski definition) is 1. The summed E-state index contributed by atoms with van der Waals surface area (Å²) in [6.45, 7) is 0. The number of anilines is 1. The van der Waals surface area contributed by atoms with Crippen molar-refractivity contribution >= 4 is 28.9 Å². The highest BCUT2D eigenvalue weighted by atomic mass is 35.5. The highest BCUT2D eigenvalue weighted by Crippen LogP contribution is 2.38. The molecule has 2 aromatic rings. The Labute approximate surface area is 121 Å². The quantitative estimate of drug-likeness (QED) is 0.800. The summed E-state index contributed by atoms with van der Waals surface area (Å²) >= 11 is 12.2. The third-order valence-electron chi connectivity index (χ3n) is 3.49. The van der Waals surface area contributed by atoms with E-state index >= 15 is 0 Å². The summed E-state index contributed by atoms with van der Waals surface area (Å²) in [5, 5.41) is 4.38. The van der Waals surface area contributed by atoms with Gasteiger partial charge in [0.05, 0.1) is 21.8 Å². The molecule has 0 spiro atoms. The van der Waals surface area contributed by atoms with Gasteiger partial charge in [0.1, 0.15) is 5.82 Å². The summed E-state index contributed by atoms with van der Waals surface area (Å²) in [7, 11) is 0. The Kier molecular flexibility index (Phi) is 3.38. The highest BCUT2D eigenvalue weighted by Gasteiger charge is 2.25. The van der Waals surface area contributed by atoms with Gasteiger partial charge in [-0.25, -0.2) is 4.39 Å². The van der Waals surface area contributed by atoms with E-state index in [9.17, 15) is 4.39 Å². The summed E-state index contributed by atoms with van der Waals surface area (Å²) in [6.07, 6.45) is 1.61. The molecular formula is C15H12Cl2FN. The van der Waals surface area contributed by atoms with Gasteiger partial charge < -0.3 is 5.32 Å². The van der Waals surface area contributed by atoms with Crippen molar-refractivity contribution in [2.24, 2.45) is 0 Å².